The molecule has 0 aromatic heterocycles. The molecule has 3 rings (SSSR count). The van der Waals surface area contributed by atoms with Gasteiger partial charge in [-0.3, -0.25) is 4.55 Å². The first kappa shape index (κ1) is 20.9. The summed E-state index contributed by atoms with van der Waals surface area (Å²) >= 11 is 0. The van der Waals surface area contributed by atoms with Crippen molar-refractivity contribution in [3.8, 4) is 11.5 Å². The van der Waals surface area contributed by atoms with Crippen LogP contribution in [0.3, 0.4) is 0 Å². The van der Waals surface area contributed by atoms with Crippen LogP contribution in [0.2, 0.25) is 0 Å². The molecule has 3 aromatic rings. The van der Waals surface area contributed by atoms with Gasteiger partial charge in [0.2, 0.25) is 0 Å². The Kier molecular flexibility index (Phi) is 6.86. The van der Waals surface area contributed by atoms with Gasteiger partial charge in [0.05, 0.1) is 0 Å². The van der Waals surface area contributed by atoms with Crippen LogP contribution >= 0.6 is 7.92 Å². The molecule has 0 saturated heterocycles. The average molecular weight is 396 g/mol. The van der Waals surface area contributed by atoms with Gasteiger partial charge in [-0.05, 0) is 39.8 Å². The second-order valence-corrected chi connectivity index (χ2v) is 8.77. The summed E-state index contributed by atoms with van der Waals surface area (Å²) in [5, 5.41) is 21.0. The molecular formula is C18H14NaO5PS. The van der Waals surface area contributed by atoms with Crippen LogP contribution in [0.5, 0.6) is 11.5 Å². The van der Waals surface area contributed by atoms with E-state index in [4.69, 9.17) is 0 Å². The van der Waals surface area contributed by atoms with E-state index in [9.17, 15) is 23.2 Å². The summed E-state index contributed by atoms with van der Waals surface area (Å²) in [5.41, 5.74) is 0. The number of aromatic hydroxyl groups is 2. The van der Waals surface area contributed by atoms with E-state index in [2.05, 4.69) is 6.07 Å². The monoisotopic (exact) mass is 396 g/mol. The molecule has 0 spiro atoms. The van der Waals surface area contributed by atoms with E-state index in [1.54, 1.807) is 36.4 Å². The smallest absolute Gasteiger partial charge is 0.508 e. The molecule has 0 amide bonds. The summed E-state index contributed by atoms with van der Waals surface area (Å²) in [6.45, 7) is 0. The zero-order valence-corrected chi connectivity index (χ0v) is 17.6. The van der Waals surface area contributed by atoms with Gasteiger partial charge in [0.15, 0.2) is 0 Å². The van der Waals surface area contributed by atoms with Crippen molar-refractivity contribution in [2.45, 2.75) is 4.90 Å². The maximum Gasteiger partial charge on any atom is 1.00 e. The van der Waals surface area contributed by atoms with Gasteiger partial charge in [-0.25, -0.2) is 0 Å². The predicted octanol–water partition coefficient (Wildman–Crippen LogP) is -1.09. The molecule has 8 heteroatoms. The number of hydrogen-bond acceptors (Lipinski definition) is 4. The molecule has 3 N–H and O–H groups in total. The minimum atomic E-state index is -4.45. The Balaban J connectivity index is 0.00000243. The first-order valence-corrected chi connectivity index (χ1v) is 10.0. The maximum atomic E-state index is 11.8. The van der Waals surface area contributed by atoms with Crippen molar-refractivity contribution in [2.24, 2.45) is 0 Å². The van der Waals surface area contributed by atoms with Gasteiger partial charge < -0.3 is 10.2 Å². The standard InChI is InChI=1S/C18H14O5PS.Na/c19-13-5-9-15(10-6-13)24(16-11-7-14(20)8-12-16)17-3-1-2-4-18(17)25(21,22)23;/h1-3,5-12,19-20H,(H,21,22,23);/q-1;+1. The molecular weight excluding hydrogens is 382 g/mol. The van der Waals surface area contributed by atoms with E-state index >= 15 is 0 Å². The number of phenols is 2. The predicted molar refractivity (Wildman–Crippen MR) is 97.1 cm³/mol. The van der Waals surface area contributed by atoms with Crippen molar-refractivity contribution in [3.63, 3.8) is 0 Å². The quantitative estimate of drug-likeness (QED) is 0.226. The Morgan fingerprint density at radius 3 is 1.69 bits per heavy atom. The van der Waals surface area contributed by atoms with Crippen LogP contribution in [0.4, 0.5) is 0 Å². The van der Waals surface area contributed by atoms with Crippen molar-refractivity contribution in [2.75, 3.05) is 0 Å². The van der Waals surface area contributed by atoms with Crippen molar-refractivity contribution < 1.29 is 52.7 Å². The van der Waals surface area contributed by atoms with Gasteiger partial charge in [0.25, 0.3) is 10.1 Å². The summed E-state index contributed by atoms with van der Waals surface area (Å²) in [6.07, 6.45) is 0. The Hall–Kier alpha value is -1.40. The fraction of sp³-hybridized carbons (Fsp3) is 0. The largest absolute Gasteiger partial charge is 1.00 e. The molecule has 0 atom stereocenters. The van der Waals surface area contributed by atoms with Gasteiger partial charge in [-0.1, -0.05) is 32.2 Å². The number of phenolic OH excluding ortho intramolecular Hbond substituents is 2. The molecule has 128 valence electrons. The van der Waals surface area contributed by atoms with Crippen LogP contribution in [0.25, 0.3) is 0 Å². The molecule has 0 aliphatic carbocycles. The normalized spacial score (nSPS) is 11.2. The van der Waals surface area contributed by atoms with Gasteiger partial charge >= 0.3 is 29.6 Å². The van der Waals surface area contributed by atoms with Crippen LogP contribution in [0, 0.1) is 6.07 Å². The summed E-state index contributed by atoms with van der Waals surface area (Å²) in [4.78, 5) is -0.276. The van der Waals surface area contributed by atoms with E-state index < -0.39 is 18.0 Å². The SMILES string of the molecule is O=S(=O)(O)c1[c-]cccc1P(c1ccc(O)cc1)c1ccc(O)cc1.[Na+]. The van der Waals surface area contributed by atoms with Gasteiger partial charge in [-0.2, -0.15) is 32.7 Å². The summed E-state index contributed by atoms with van der Waals surface area (Å²) in [6, 6.07) is 20.2. The van der Waals surface area contributed by atoms with Crippen LogP contribution in [0.15, 0.2) is 71.6 Å². The molecule has 0 saturated carbocycles. The molecule has 0 fully saturated rings. The van der Waals surface area contributed by atoms with E-state index in [0.29, 0.717) is 5.30 Å². The first-order chi connectivity index (χ1) is 11.9. The fourth-order valence-corrected chi connectivity index (χ4v) is 5.85. The average Bonchev–Trinajstić information content (AvgIpc) is 2.58. The van der Waals surface area contributed by atoms with Gasteiger partial charge in [-0.15, -0.1) is 5.30 Å². The Morgan fingerprint density at radius 1 is 0.808 bits per heavy atom. The molecule has 0 heterocycles. The molecule has 5 nitrogen and oxygen atoms in total. The molecule has 3 aromatic carbocycles. The van der Waals surface area contributed by atoms with Crippen LogP contribution < -0.4 is 45.5 Å². The van der Waals surface area contributed by atoms with Crippen molar-refractivity contribution in [1.82, 2.24) is 0 Å². The first-order valence-electron chi connectivity index (χ1n) is 7.22. The van der Waals surface area contributed by atoms with Gasteiger partial charge in [0, 0.05) is 0 Å². The molecule has 0 aliphatic rings. The van der Waals surface area contributed by atoms with E-state index in [-0.39, 0.29) is 46.0 Å². The second kappa shape index (κ2) is 8.53. The number of rotatable bonds is 4. The zero-order valence-electron chi connectivity index (χ0n) is 13.9. The maximum absolute atomic E-state index is 11.8. The third-order valence-electron chi connectivity index (χ3n) is 3.51. The Bertz CT molecular complexity index is 943. The molecule has 0 unspecified atom stereocenters. The minimum Gasteiger partial charge on any atom is -0.508 e. The van der Waals surface area contributed by atoms with Crippen molar-refractivity contribution >= 4 is 34.0 Å². The number of hydrogen-bond donors (Lipinski definition) is 3. The molecule has 0 bridgehead atoms. The molecule has 0 aliphatic heterocycles. The Morgan fingerprint density at radius 2 is 1.27 bits per heavy atom. The van der Waals surface area contributed by atoms with Crippen LogP contribution in [-0.2, 0) is 10.1 Å². The minimum absolute atomic E-state index is 0. The van der Waals surface area contributed by atoms with Crippen LogP contribution in [-0.4, -0.2) is 23.2 Å². The Labute approximate surface area is 175 Å². The summed E-state index contributed by atoms with van der Waals surface area (Å²) < 4.78 is 33.1. The van der Waals surface area contributed by atoms with Crippen molar-refractivity contribution in [1.29, 1.82) is 0 Å². The van der Waals surface area contributed by atoms with E-state index in [1.807, 2.05) is 0 Å². The molecule has 26 heavy (non-hydrogen) atoms. The second-order valence-electron chi connectivity index (χ2n) is 5.23. The summed E-state index contributed by atoms with van der Waals surface area (Å²) in [7, 11) is -5.80. The van der Waals surface area contributed by atoms with E-state index in [0.717, 1.165) is 10.6 Å². The van der Waals surface area contributed by atoms with Gasteiger partial charge in [0.1, 0.15) is 11.5 Å². The third-order valence-corrected chi connectivity index (χ3v) is 7.00. The summed E-state index contributed by atoms with van der Waals surface area (Å²) in [5.74, 6) is 0.193. The van der Waals surface area contributed by atoms with Crippen LogP contribution in [0.1, 0.15) is 0 Å². The molecule has 0 radical (unpaired) electrons. The fourth-order valence-electron chi connectivity index (χ4n) is 2.43. The number of benzene rings is 3. The third kappa shape index (κ3) is 4.65. The van der Waals surface area contributed by atoms with Crippen molar-refractivity contribution in [3.05, 3.63) is 72.8 Å². The van der Waals surface area contributed by atoms with E-state index in [1.165, 1.54) is 30.3 Å². The zero-order chi connectivity index (χ0) is 18.0. The topological polar surface area (TPSA) is 94.8 Å².